The summed E-state index contributed by atoms with van der Waals surface area (Å²) in [5.41, 5.74) is 1.01. The van der Waals surface area contributed by atoms with E-state index in [4.69, 9.17) is 0 Å². The second-order valence-electron chi connectivity index (χ2n) is 4.51. The Balaban J connectivity index is 2.21. The monoisotopic (exact) mass is 281 g/mol. The smallest absolute Gasteiger partial charge is 0.134 e. The Morgan fingerprint density at radius 3 is 2.30 bits per heavy atom. The van der Waals surface area contributed by atoms with Crippen LogP contribution in [0.15, 0.2) is 30.5 Å². The highest BCUT2D eigenvalue weighted by molar-refractivity contribution is 5.25. The van der Waals surface area contributed by atoms with E-state index in [0.717, 1.165) is 12.0 Å². The Kier molecular flexibility index (Phi) is 4.39. The second-order valence-corrected chi connectivity index (χ2v) is 4.51. The highest BCUT2D eigenvalue weighted by atomic mass is 19.1. The second kappa shape index (κ2) is 6.05. The first-order valence-electron chi connectivity index (χ1n) is 6.27. The molecule has 1 heterocycles. The van der Waals surface area contributed by atoms with Crippen LogP contribution in [0.4, 0.5) is 13.2 Å². The van der Waals surface area contributed by atoms with E-state index in [9.17, 15) is 18.3 Å². The van der Waals surface area contributed by atoms with E-state index in [2.05, 4.69) is 4.98 Å². The van der Waals surface area contributed by atoms with Gasteiger partial charge >= 0.3 is 0 Å². The van der Waals surface area contributed by atoms with Crippen LogP contribution in [-0.2, 0) is 12.8 Å². The van der Waals surface area contributed by atoms with Crippen LogP contribution in [0.2, 0.25) is 0 Å². The number of hydrogen-bond donors (Lipinski definition) is 1. The van der Waals surface area contributed by atoms with Gasteiger partial charge in [0.1, 0.15) is 17.5 Å². The molecule has 0 spiro atoms. The van der Waals surface area contributed by atoms with Crippen LogP contribution in [0.25, 0.3) is 0 Å². The number of aliphatic hydroxyl groups excluding tert-OH is 1. The number of rotatable bonds is 4. The Labute approximate surface area is 114 Å². The molecule has 0 fully saturated rings. The van der Waals surface area contributed by atoms with Gasteiger partial charge in [0.05, 0.1) is 11.7 Å². The number of nitrogens with zero attached hydrogens (tertiary/aromatic N) is 1. The zero-order valence-electron chi connectivity index (χ0n) is 10.9. The molecule has 0 aliphatic heterocycles. The molecule has 0 saturated heterocycles. The standard InChI is InChI=1S/C15H14F3NO/c1-2-9-3-4-11(19-8-9)7-14(20)15-12(17)5-10(16)6-13(15)18/h3-6,8,14,20H,2,7H2,1H3. The molecule has 1 aromatic carbocycles. The summed E-state index contributed by atoms with van der Waals surface area (Å²) in [6.45, 7) is 1.98. The van der Waals surface area contributed by atoms with Crippen LogP contribution < -0.4 is 0 Å². The molecule has 2 nitrogen and oxygen atoms in total. The fraction of sp³-hybridized carbons (Fsp3) is 0.267. The molecular weight excluding hydrogens is 267 g/mol. The Morgan fingerprint density at radius 2 is 1.80 bits per heavy atom. The topological polar surface area (TPSA) is 33.1 Å². The number of aliphatic hydroxyl groups is 1. The van der Waals surface area contributed by atoms with Crippen LogP contribution in [0.1, 0.15) is 29.8 Å². The predicted molar refractivity (Wildman–Crippen MR) is 68.6 cm³/mol. The summed E-state index contributed by atoms with van der Waals surface area (Å²) in [6, 6.07) is 4.64. The van der Waals surface area contributed by atoms with E-state index in [0.29, 0.717) is 17.8 Å². The molecule has 0 bridgehead atoms. The zero-order chi connectivity index (χ0) is 14.7. The minimum atomic E-state index is -1.41. The van der Waals surface area contributed by atoms with Crippen LogP contribution in [0.3, 0.4) is 0 Å². The van der Waals surface area contributed by atoms with Gasteiger partial charge in [0.25, 0.3) is 0 Å². The van der Waals surface area contributed by atoms with Gasteiger partial charge in [-0.05, 0) is 18.1 Å². The third-order valence-corrected chi connectivity index (χ3v) is 3.07. The maximum Gasteiger partial charge on any atom is 0.134 e. The van der Waals surface area contributed by atoms with Crippen molar-refractivity contribution < 1.29 is 18.3 Å². The van der Waals surface area contributed by atoms with Gasteiger partial charge in [-0.15, -0.1) is 0 Å². The summed E-state index contributed by atoms with van der Waals surface area (Å²) in [6.07, 6.45) is 1.04. The largest absolute Gasteiger partial charge is 0.388 e. The van der Waals surface area contributed by atoms with Crippen molar-refractivity contribution in [3.05, 3.63) is 64.7 Å². The fourth-order valence-corrected chi connectivity index (χ4v) is 1.96. The van der Waals surface area contributed by atoms with Gasteiger partial charge in [-0.2, -0.15) is 0 Å². The maximum absolute atomic E-state index is 13.5. The van der Waals surface area contributed by atoms with Gasteiger partial charge in [0.15, 0.2) is 0 Å². The minimum absolute atomic E-state index is 0.0382. The normalized spacial score (nSPS) is 12.4. The molecule has 0 radical (unpaired) electrons. The number of halogens is 3. The van der Waals surface area contributed by atoms with Crippen molar-refractivity contribution in [1.29, 1.82) is 0 Å². The van der Waals surface area contributed by atoms with Crippen molar-refractivity contribution >= 4 is 0 Å². The average Bonchev–Trinajstić information content (AvgIpc) is 2.38. The van der Waals surface area contributed by atoms with E-state index < -0.39 is 29.1 Å². The van der Waals surface area contributed by atoms with Crippen molar-refractivity contribution in [2.45, 2.75) is 25.9 Å². The molecular formula is C15H14F3NO. The van der Waals surface area contributed by atoms with E-state index in [-0.39, 0.29) is 6.42 Å². The van der Waals surface area contributed by atoms with Gasteiger partial charge in [-0.25, -0.2) is 13.2 Å². The fourth-order valence-electron chi connectivity index (χ4n) is 1.96. The lowest BCUT2D eigenvalue weighted by Crippen LogP contribution is -2.09. The van der Waals surface area contributed by atoms with Crippen molar-refractivity contribution in [3.63, 3.8) is 0 Å². The van der Waals surface area contributed by atoms with E-state index in [1.54, 1.807) is 12.3 Å². The first-order chi connectivity index (χ1) is 9.51. The molecule has 1 atom stereocenters. The molecule has 1 aromatic heterocycles. The molecule has 2 aromatic rings. The molecule has 0 saturated carbocycles. The van der Waals surface area contributed by atoms with Crippen LogP contribution >= 0.6 is 0 Å². The summed E-state index contributed by atoms with van der Waals surface area (Å²) in [4.78, 5) is 4.11. The quantitative estimate of drug-likeness (QED) is 0.932. The third kappa shape index (κ3) is 3.17. The zero-order valence-corrected chi connectivity index (χ0v) is 10.9. The average molecular weight is 281 g/mol. The molecule has 1 N–H and O–H groups in total. The molecule has 1 unspecified atom stereocenters. The van der Waals surface area contributed by atoms with Crippen LogP contribution in [0.5, 0.6) is 0 Å². The molecule has 2 rings (SSSR count). The number of hydrogen-bond acceptors (Lipinski definition) is 2. The van der Waals surface area contributed by atoms with Crippen molar-refractivity contribution in [1.82, 2.24) is 4.98 Å². The van der Waals surface area contributed by atoms with Gasteiger partial charge < -0.3 is 5.11 Å². The Hall–Kier alpha value is -1.88. The Bertz CT molecular complexity index is 576. The lowest BCUT2D eigenvalue weighted by molar-refractivity contribution is 0.167. The van der Waals surface area contributed by atoms with Crippen molar-refractivity contribution in [2.75, 3.05) is 0 Å². The van der Waals surface area contributed by atoms with E-state index in [1.807, 2.05) is 13.0 Å². The molecule has 5 heteroatoms. The summed E-state index contributed by atoms with van der Waals surface area (Å²) >= 11 is 0. The highest BCUT2D eigenvalue weighted by Crippen LogP contribution is 2.24. The number of pyridine rings is 1. The van der Waals surface area contributed by atoms with E-state index >= 15 is 0 Å². The molecule has 0 aliphatic carbocycles. The van der Waals surface area contributed by atoms with E-state index in [1.165, 1.54) is 0 Å². The number of aromatic nitrogens is 1. The molecule has 106 valence electrons. The number of benzene rings is 1. The molecule has 0 aliphatic rings. The summed E-state index contributed by atoms with van der Waals surface area (Å²) in [7, 11) is 0. The Morgan fingerprint density at radius 1 is 1.15 bits per heavy atom. The summed E-state index contributed by atoms with van der Waals surface area (Å²) in [5, 5.41) is 9.91. The minimum Gasteiger partial charge on any atom is -0.388 e. The predicted octanol–water partition coefficient (Wildman–Crippen LogP) is 3.34. The lowest BCUT2D eigenvalue weighted by Gasteiger charge is -2.13. The maximum atomic E-state index is 13.5. The lowest BCUT2D eigenvalue weighted by atomic mass is 10.0. The summed E-state index contributed by atoms with van der Waals surface area (Å²) in [5.74, 6) is -3.21. The van der Waals surface area contributed by atoms with Crippen LogP contribution in [0, 0.1) is 17.5 Å². The molecule has 0 amide bonds. The number of aryl methyl sites for hydroxylation is 1. The first-order valence-corrected chi connectivity index (χ1v) is 6.27. The molecule has 20 heavy (non-hydrogen) atoms. The summed E-state index contributed by atoms with van der Waals surface area (Å²) < 4.78 is 39.9. The van der Waals surface area contributed by atoms with Gasteiger partial charge in [-0.3, -0.25) is 4.98 Å². The first kappa shape index (κ1) is 14.5. The van der Waals surface area contributed by atoms with Crippen molar-refractivity contribution in [2.24, 2.45) is 0 Å². The van der Waals surface area contributed by atoms with Gasteiger partial charge in [-0.1, -0.05) is 13.0 Å². The van der Waals surface area contributed by atoms with Crippen LogP contribution in [-0.4, -0.2) is 10.1 Å². The van der Waals surface area contributed by atoms with Crippen molar-refractivity contribution in [3.8, 4) is 0 Å². The highest BCUT2D eigenvalue weighted by Gasteiger charge is 2.20. The van der Waals surface area contributed by atoms with Gasteiger partial charge in [0.2, 0.25) is 0 Å². The van der Waals surface area contributed by atoms with Gasteiger partial charge in [0, 0.05) is 30.4 Å². The third-order valence-electron chi connectivity index (χ3n) is 3.07. The SMILES string of the molecule is CCc1ccc(CC(O)c2c(F)cc(F)cc2F)nc1.